The molecule has 0 amide bonds. The number of carboxylic acid groups (broad SMARTS) is 1. The third-order valence-electron chi connectivity index (χ3n) is 2.60. The lowest BCUT2D eigenvalue weighted by atomic mass is 10.0. The molecule has 2 N–H and O–H groups in total. The number of hydroxylamine groups is 2. The molecule has 1 rings (SSSR count). The van der Waals surface area contributed by atoms with Gasteiger partial charge in [-0.15, -0.1) is 0 Å². The average molecular weight is 227 g/mol. The summed E-state index contributed by atoms with van der Waals surface area (Å²) < 4.78 is 0. The highest BCUT2D eigenvalue weighted by Gasteiger charge is 2.42. The van der Waals surface area contributed by atoms with Crippen LogP contribution < -0.4 is 5.32 Å². The molecule has 0 aromatic carbocycles. The van der Waals surface area contributed by atoms with Gasteiger partial charge in [0.15, 0.2) is 0 Å². The number of aliphatic carboxylic acids is 1. The highest BCUT2D eigenvalue weighted by Crippen LogP contribution is 2.35. The topological polar surface area (TPSA) is 92.7 Å². The molecule has 1 saturated heterocycles. The van der Waals surface area contributed by atoms with Crippen LogP contribution in [0.25, 0.3) is 0 Å². The maximum absolute atomic E-state index is 11.9. The maximum atomic E-state index is 11.9. The summed E-state index contributed by atoms with van der Waals surface area (Å²) in [5, 5.41) is 24.0. The van der Waals surface area contributed by atoms with Gasteiger partial charge in [-0.2, -0.15) is 0 Å². The van der Waals surface area contributed by atoms with Crippen molar-refractivity contribution in [2.24, 2.45) is 0 Å². The standard InChI is InChI=1S/C10H15N2O4/c1-9(2)7(5-6(13)8(14)15)11-10(3,4)12(9)16/h5,11H,1-4H3,(H,14,15)/q-1/b7-5-. The van der Waals surface area contributed by atoms with Crippen LogP contribution in [-0.2, 0) is 9.59 Å². The molecule has 1 aliphatic heterocycles. The van der Waals surface area contributed by atoms with Gasteiger partial charge >= 0.3 is 5.97 Å². The summed E-state index contributed by atoms with van der Waals surface area (Å²) in [6, 6.07) is 0. The second-order valence-electron chi connectivity index (χ2n) is 4.76. The molecule has 0 bridgehead atoms. The van der Waals surface area contributed by atoms with Crippen molar-refractivity contribution in [3.63, 3.8) is 0 Å². The molecule has 0 saturated carbocycles. The molecule has 90 valence electrons. The molecule has 6 heteroatoms. The number of hydrogen-bond donors (Lipinski definition) is 2. The van der Waals surface area contributed by atoms with Gasteiger partial charge in [-0.25, -0.2) is 4.79 Å². The molecular formula is C10H15N2O4-. The average Bonchev–Trinajstić information content (AvgIpc) is 2.27. The summed E-state index contributed by atoms with van der Waals surface area (Å²) >= 11 is 0. The van der Waals surface area contributed by atoms with Crippen LogP contribution in [0.5, 0.6) is 0 Å². The van der Waals surface area contributed by atoms with Crippen molar-refractivity contribution in [3.05, 3.63) is 17.0 Å². The molecule has 0 aliphatic carbocycles. The zero-order valence-corrected chi connectivity index (χ0v) is 9.70. The summed E-state index contributed by atoms with van der Waals surface area (Å²) in [5.74, 6) is -2.58. The maximum Gasteiger partial charge on any atom is 0.376 e. The van der Waals surface area contributed by atoms with Crippen molar-refractivity contribution < 1.29 is 14.7 Å². The number of carbonyl (C=O) groups is 2. The number of nitrogens with zero attached hydrogens (tertiary/aromatic N) is 1. The molecule has 0 unspecified atom stereocenters. The van der Waals surface area contributed by atoms with E-state index < -0.39 is 23.0 Å². The first-order chi connectivity index (χ1) is 7.09. The van der Waals surface area contributed by atoms with Crippen LogP contribution in [0.4, 0.5) is 0 Å². The Bertz CT molecular complexity index is 371. The summed E-state index contributed by atoms with van der Waals surface area (Å²) in [4.78, 5) is 21.5. The fourth-order valence-electron chi connectivity index (χ4n) is 1.75. The number of carboxylic acids is 1. The van der Waals surface area contributed by atoms with E-state index in [2.05, 4.69) is 5.32 Å². The predicted molar refractivity (Wildman–Crippen MR) is 57.2 cm³/mol. The first kappa shape index (κ1) is 12.7. The van der Waals surface area contributed by atoms with Gasteiger partial charge in [0, 0.05) is 17.3 Å². The molecular weight excluding hydrogens is 212 g/mol. The third kappa shape index (κ3) is 1.94. The predicted octanol–water partition coefficient (Wildman–Crippen LogP) is 0.442. The van der Waals surface area contributed by atoms with Crippen LogP contribution in [0.3, 0.4) is 0 Å². The van der Waals surface area contributed by atoms with Crippen molar-refractivity contribution in [1.82, 2.24) is 10.4 Å². The van der Waals surface area contributed by atoms with E-state index in [4.69, 9.17) is 5.11 Å². The van der Waals surface area contributed by atoms with E-state index in [1.165, 1.54) is 0 Å². The Balaban J connectivity index is 3.09. The lowest BCUT2D eigenvalue weighted by molar-refractivity contribution is -0.146. The molecule has 0 radical (unpaired) electrons. The third-order valence-corrected chi connectivity index (χ3v) is 2.60. The first-order valence-electron chi connectivity index (χ1n) is 4.84. The highest BCUT2D eigenvalue weighted by atomic mass is 16.5. The second-order valence-corrected chi connectivity index (χ2v) is 4.76. The van der Waals surface area contributed by atoms with Crippen LogP contribution >= 0.6 is 0 Å². The van der Waals surface area contributed by atoms with Gasteiger partial charge in [-0.05, 0) is 27.7 Å². The number of carbonyl (C=O) groups excluding carboxylic acids is 1. The van der Waals surface area contributed by atoms with Crippen LogP contribution in [0, 0.1) is 5.21 Å². The number of rotatable bonds is 2. The fraction of sp³-hybridized carbons (Fsp3) is 0.600. The molecule has 0 spiro atoms. The normalized spacial score (nSPS) is 25.4. The number of ketones is 1. The van der Waals surface area contributed by atoms with Gasteiger partial charge in [0.05, 0.1) is 5.66 Å². The lowest BCUT2D eigenvalue weighted by Crippen LogP contribution is -2.47. The zero-order chi connectivity index (χ0) is 12.7. The Labute approximate surface area is 93.5 Å². The van der Waals surface area contributed by atoms with Gasteiger partial charge in [0.25, 0.3) is 5.78 Å². The molecule has 6 nitrogen and oxygen atoms in total. The van der Waals surface area contributed by atoms with Crippen LogP contribution in [0.2, 0.25) is 0 Å². The van der Waals surface area contributed by atoms with Gasteiger partial charge in [0.2, 0.25) is 0 Å². The van der Waals surface area contributed by atoms with E-state index in [-0.39, 0.29) is 0 Å². The highest BCUT2D eigenvalue weighted by molar-refractivity contribution is 6.37. The van der Waals surface area contributed by atoms with E-state index in [1.54, 1.807) is 27.7 Å². The molecule has 16 heavy (non-hydrogen) atoms. The van der Waals surface area contributed by atoms with Crippen molar-refractivity contribution in [3.8, 4) is 0 Å². The quantitative estimate of drug-likeness (QED) is 0.525. The zero-order valence-electron chi connectivity index (χ0n) is 9.70. The molecule has 0 aromatic heterocycles. The van der Waals surface area contributed by atoms with E-state index in [0.29, 0.717) is 5.70 Å². The first-order valence-corrected chi connectivity index (χ1v) is 4.84. The van der Waals surface area contributed by atoms with Crippen molar-refractivity contribution in [1.29, 1.82) is 0 Å². The minimum atomic E-state index is -1.53. The molecule has 1 fully saturated rings. The van der Waals surface area contributed by atoms with Crippen LogP contribution in [0.15, 0.2) is 11.8 Å². The van der Waals surface area contributed by atoms with E-state index >= 15 is 0 Å². The van der Waals surface area contributed by atoms with Gasteiger partial charge < -0.3 is 20.7 Å². The van der Waals surface area contributed by atoms with Crippen molar-refractivity contribution >= 4 is 11.8 Å². The Morgan fingerprint density at radius 2 is 1.88 bits per heavy atom. The Hall–Kier alpha value is -1.40. The minimum Gasteiger partial charge on any atom is -0.783 e. The Kier molecular flexibility index (Phi) is 2.82. The number of hydrogen-bond acceptors (Lipinski definition) is 5. The summed E-state index contributed by atoms with van der Waals surface area (Å²) in [5.41, 5.74) is -1.47. The molecule has 0 aromatic rings. The monoisotopic (exact) mass is 227 g/mol. The second kappa shape index (κ2) is 3.57. The Morgan fingerprint density at radius 1 is 1.38 bits per heavy atom. The Morgan fingerprint density at radius 3 is 2.19 bits per heavy atom. The van der Waals surface area contributed by atoms with E-state index in [9.17, 15) is 14.8 Å². The minimum absolute atomic E-state index is 0.319. The molecule has 1 heterocycles. The molecule has 1 aliphatic rings. The summed E-state index contributed by atoms with van der Waals surface area (Å²) in [7, 11) is 0. The van der Waals surface area contributed by atoms with Gasteiger partial charge in [0.1, 0.15) is 0 Å². The smallest absolute Gasteiger partial charge is 0.376 e. The van der Waals surface area contributed by atoms with Crippen molar-refractivity contribution in [2.45, 2.75) is 38.9 Å². The summed E-state index contributed by atoms with van der Waals surface area (Å²) in [6.07, 6.45) is 0.960. The SMILES string of the molecule is CC1(C)N/C(=C\C(=O)C(=O)O)C(C)(C)N1[O-]. The van der Waals surface area contributed by atoms with Crippen molar-refractivity contribution in [2.75, 3.05) is 0 Å². The largest absolute Gasteiger partial charge is 0.783 e. The summed E-state index contributed by atoms with van der Waals surface area (Å²) in [6.45, 7) is 6.58. The fourth-order valence-corrected chi connectivity index (χ4v) is 1.75. The van der Waals surface area contributed by atoms with E-state index in [0.717, 1.165) is 11.1 Å². The molecule has 0 atom stereocenters. The van der Waals surface area contributed by atoms with E-state index in [1.807, 2.05) is 0 Å². The van der Waals surface area contributed by atoms with Crippen LogP contribution in [-0.4, -0.2) is 33.1 Å². The lowest BCUT2D eigenvalue weighted by Gasteiger charge is -2.44. The number of nitrogens with one attached hydrogen (secondary N) is 1. The van der Waals surface area contributed by atoms with Crippen LogP contribution in [0.1, 0.15) is 27.7 Å². The van der Waals surface area contributed by atoms with Gasteiger partial charge in [-0.3, -0.25) is 4.79 Å². The van der Waals surface area contributed by atoms with Gasteiger partial charge in [-0.1, -0.05) is 0 Å².